The third-order valence-corrected chi connectivity index (χ3v) is 6.76. The Labute approximate surface area is 225 Å². The second-order valence-electron chi connectivity index (χ2n) is 9.49. The summed E-state index contributed by atoms with van der Waals surface area (Å²) in [5.41, 5.74) is 4.55. The summed E-state index contributed by atoms with van der Waals surface area (Å²) in [5.74, 6) is -0.341. The van der Waals surface area contributed by atoms with E-state index in [4.69, 9.17) is 9.84 Å². The first kappa shape index (κ1) is 25.9. The predicted octanol–water partition coefficient (Wildman–Crippen LogP) is 2.84. The smallest absolute Gasteiger partial charge is 0.319 e. The number of amides is 5. The van der Waals surface area contributed by atoms with E-state index in [1.165, 1.54) is 4.90 Å². The van der Waals surface area contributed by atoms with E-state index in [-0.39, 0.29) is 44.0 Å². The number of aliphatic hydroxyl groups excluding tert-OH is 1. The first-order valence-corrected chi connectivity index (χ1v) is 12.6. The van der Waals surface area contributed by atoms with Crippen LogP contribution in [0.15, 0.2) is 66.7 Å². The van der Waals surface area contributed by atoms with Crippen molar-refractivity contribution in [2.75, 3.05) is 5.32 Å². The van der Waals surface area contributed by atoms with Crippen LogP contribution in [-0.2, 0) is 35.9 Å². The second-order valence-corrected chi connectivity index (χ2v) is 9.49. The number of imide groups is 1. The number of nitrogens with zero attached hydrogens (tertiary/aromatic N) is 1. The Kier molecular flexibility index (Phi) is 7.55. The van der Waals surface area contributed by atoms with E-state index in [2.05, 4.69) is 16.0 Å². The largest absolute Gasteiger partial charge is 0.489 e. The fraction of sp³-hybridized carbons (Fsp3) is 0.241. The molecular weight excluding hydrogens is 500 g/mol. The molecule has 10 nitrogen and oxygen atoms in total. The molecule has 2 heterocycles. The van der Waals surface area contributed by atoms with Crippen molar-refractivity contribution in [3.63, 3.8) is 0 Å². The molecule has 5 rings (SSSR count). The third kappa shape index (κ3) is 6.07. The van der Waals surface area contributed by atoms with Crippen molar-refractivity contribution in [3.8, 4) is 5.75 Å². The molecule has 4 N–H and O–H groups in total. The van der Waals surface area contributed by atoms with Crippen LogP contribution in [-0.4, -0.2) is 39.8 Å². The van der Waals surface area contributed by atoms with Gasteiger partial charge in [0.15, 0.2) is 0 Å². The van der Waals surface area contributed by atoms with Gasteiger partial charge in [0.2, 0.25) is 11.8 Å². The minimum Gasteiger partial charge on any atom is -0.489 e. The molecule has 5 amide bonds. The average molecular weight is 529 g/mol. The van der Waals surface area contributed by atoms with Crippen LogP contribution < -0.4 is 20.7 Å². The zero-order valence-corrected chi connectivity index (χ0v) is 21.1. The standard InChI is InChI=1S/C29H28N4O6/c34-16-18-1-3-19(4-2-18)17-39-23-8-6-22(7-9-23)31-29(38)30-14-20-5-10-24-21(13-20)15-33(28(24)37)25-11-12-26(35)32-27(25)36/h1-10,13,25,34H,11-12,14-17H2,(H2,30,31,38)(H,32,35,36). The molecule has 3 aromatic carbocycles. The molecule has 2 aliphatic rings. The summed E-state index contributed by atoms with van der Waals surface area (Å²) in [5, 5.41) is 17.0. The van der Waals surface area contributed by atoms with Crippen LogP contribution in [0.3, 0.4) is 0 Å². The predicted molar refractivity (Wildman–Crippen MR) is 141 cm³/mol. The molecule has 2 aliphatic heterocycles. The number of hydrogen-bond donors (Lipinski definition) is 4. The molecule has 200 valence electrons. The van der Waals surface area contributed by atoms with Crippen molar-refractivity contribution in [1.82, 2.24) is 15.5 Å². The Balaban J connectivity index is 1.10. The van der Waals surface area contributed by atoms with Crippen molar-refractivity contribution in [2.24, 2.45) is 0 Å². The number of carbonyl (C=O) groups is 4. The lowest BCUT2D eigenvalue weighted by Gasteiger charge is -2.29. The van der Waals surface area contributed by atoms with E-state index >= 15 is 0 Å². The Morgan fingerprint density at radius 2 is 1.69 bits per heavy atom. The summed E-state index contributed by atoms with van der Waals surface area (Å²) in [7, 11) is 0. The van der Waals surface area contributed by atoms with Gasteiger partial charge in [-0.25, -0.2) is 4.79 Å². The molecule has 0 spiro atoms. The first-order chi connectivity index (χ1) is 18.9. The molecular formula is C29H28N4O6. The maximum Gasteiger partial charge on any atom is 0.319 e. The number of rotatable bonds is 8. The molecule has 1 unspecified atom stereocenters. The van der Waals surface area contributed by atoms with E-state index in [9.17, 15) is 19.2 Å². The lowest BCUT2D eigenvalue weighted by molar-refractivity contribution is -0.136. The number of benzene rings is 3. The SMILES string of the molecule is O=C1CCC(N2Cc3cc(CNC(=O)Nc4ccc(OCc5ccc(CO)cc5)cc4)ccc3C2=O)C(=O)N1. The summed E-state index contributed by atoms with van der Waals surface area (Å²) in [6, 6.07) is 18.8. The molecule has 3 aromatic rings. The molecule has 0 radical (unpaired) electrons. The highest BCUT2D eigenvalue weighted by Crippen LogP contribution is 2.28. The third-order valence-electron chi connectivity index (χ3n) is 6.76. The first-order valence-electron chi connectivity index (χ1n) is 12.6. The van der Waals surface area contributed by atoms with Gasteiger partial charge in [-0.05, 0) is 59.0 Å². The number of hydrogen-bond acceptors (Lipinski definition) is 6. The summed E-state index contributed by atoms with van der Waals surface area (Å²) >= 11 is 0. The summed E-state index contributed by atoms with van der Waals surface area (Å²) in [4.78, 5) is 50.4. The van der Waals surface area contributed by atoms with Gasteiger partial charge in [0.25, 0.3) is 5.91 Å². The van der Waals surface area contributed by atoms with Crippen LogP contribution in [0.2, 0.25) is 0 Å². The van der Waals surface area contributed by atoms with Crippen molar-refractivity contribution in [1.29, 1.82) is 0 Å². The number of piperidine rings is 1. The minimum atomic E-state index is -0.662. The van der Waals surface area contributed by atoms with Gasteiger partial charge in [-0.1, -0.05) is 36.4 Å². The maximum atomic E-state index is 12.8. The number of aliphatic hydroxyl groups is 1. The molecule has 10 heteroatoms. The zero-order chi connectivity index (χ0) is 27.4. The van der Waals surface area contributed by atoms with Crippen LogP contribution in [0.5, 0.6) is 5.75 Å². The fourth-order valence-corrected chi connectivity index (χ4v) is 4.64. The molecule has 0 aromatic heterocycles. The highest BCUT2D eigenvalue weighted by Gasteiger charge is 2.39. The van der Waals surface area contributed by atoms with Crippen molar-refractivity contribution >= 4 is 29.4 Å². The van der Waals surface area contributed by atoms with E-state index in [1.54, 1.807) is 36.4 Å². The van der Waals surface area contributed by atoms with Crippen LogP contribution in [0.1, 0.15) is 45.5 Å². The summed E-state index contributed by atoms with van der Waals surface area (Å²) in [6.07, 6.45) is 0.516. The normalized spacial score (nSPS) is 16.5. The molecule has 1 saturated heterocycles. The molecule has 0 saturated carbocycles. The maximum absolute atomic E-state index is 12.8. The lowest BCUT2D eigenvalue weighted by Crippen LogP contribution is -2.52. The van der Waals surface area contributed by atoms with E-state index in [0.717, 1.165) is 22.3 Å². The average Bonchev–Trinajstić information content (AvgIpc) is 3.27. The Bertz CT molecular complexity index is 1400. The fourth-order valence-electron chi connectivity index (χ4n) is 4.64. The highest BCUT2D eigenvalue weighted by molar-refractivity contribution is 6.05. The molecule has 0 aliphatic carbocycles. The van der Waals surface area contributed by atoms with Gasteiger partial charge in [-0.3, -0.25) is 19.7 Å². The molecule has 0 bridgehead atoms. The zero-order valence-electron chi connectivity index (χ0n) is 21.1. The van der Waals surface area contributed by atoms with Crippen LogP contribution in [0.4, 0.5) is 10.5 Å². The minimum absolute atomic E-state index is 0.00271. The topological polar surface area (TPSA) is 137 Å². The van der Waals surface area contributed by atoms with E-state index in [0.29, 0.717) is 30.0 Å². The summed E-state index contributed by atoms with van der Waals surface area (Å²) < 4.78 is 5.78. The number of carbonyl (C=O) groups excluding carboxylic acids is 4. The Hall–Kier alpha value is -4.70. The monoisotopic (exact) mass is 528 g/mol. The van der Waals surface area contributed by atoms with Crippen molar-refractivity contribution < 1.29 is 29.0 Å². The number of ether oxygens (including phenoxy) is 1. The van der Waals surface area contributed by atoms with Gasteiger partial charge in [0, 0.05) is 30.8 Å². The van der Waals surface area contributed by atoms with Crippen LogP contribution >= 0.6 is 0 Å². The number of nitrogens with one attached hydrogen (secondary N) is 3. The van der Waals surface area contributed by atoms with Crippen LogP contribution in [0, 0.1) is 0 Å². The number of fused-ring (bicyclic) bond motifs is 1. The highest BCUT2D eigenvalue weighted by atomic mass is 16.5. The lowest BCUT2D eigenvalue weighted by atomic mass is 10.0. The van der Waals surface area contributed by atoms with Gasteiger partial charge >= 0.3 is 6.03 Å². The number of urea groups is 1. The number of anilines is 1. The van der Waals surface area contributed by atoms with Crippen LogP contribution in [0.25, 0.3) is 0 Å². The Morgan fingerprint density at radius 3 is 2.41 bits per heavy atom. The van der Waals surface area contributed by atoms with Gasteiger partial charge in [0.05, 0.1) is 6.61 Å². The van der Waals surface area contributed by atoms with E-state index < -0.39 is 11.9 Å². The summed E-state index contributed by atoms with van der Waals surface area (Å²) in [6.45, 7) is 0.921. The molecule has 39 heavy (non-hydrogen) atoms. The van der Waals surface area contributed by atoms with Crippen molar-refractivity contribution in [3.05, 3.63) is 94.5 Å². The Morgan fingerprint density at radius 1 is 0.974 bits per heavy atom. The molecule has 1 atom stereocenters. The van der Waals surface area contributed by atoms with Crippen molar-refractivity contribution in [2.45, 2.75) is 45.2 Å². The van der Waals surface area contributed by atoms with E-state index in [1.807, 2.05) is 30.3 Å². The van der Waals surface area contributed by atoms with Gasteiger partial charge in [0.1, 0.15) is 18.4 Å². The van der Waals surface area contributed by atoms with Gasteiger partial charge in [-0.2, -0.15) is 0 Å². The van der Waals surface area contributed by atoms with Gasteiger partial charge in [-0.15, -0.1) is 0 Å². The molecule has 1 fully saturated rings. The quantitative estimate of drug-likeness (QED) is 0.332. The van der Waals surface area contributed by atoms with Gasteiger partial charge < -0.3 is 25.4 Å². The second kappa shape index (κ2) is 11.4.